The first-order valence-electron chi connectivity index (χ1n) is 5.06. The van der Waals surface area contributed by atoms with E-state index in [0.29, 0.717) is 11.6 Å². The molecule has 4 nitrogen and oxygen atoms in total. The van der Waals surface area contributed by atoms with Gasteiger partial charge in [0.25, 0.3) is 5.91 Å². The first-order valence-corrected chi connectivity index (χ1v) is 5.44. The second-order valence-electron chi connectivity index (χ2n) is 3.35. The summed E-state index contributed by atoms with van der Waals surface area (Å²) in [5.41, 5.74) is 0.860. The topological polar surface area (TPSA) is 54.9 Å². The molecule has 1 aromatic heterocycles. The molecule has 0 spiro atoms. The molecule has 0 atom stereocenters. The second-order valence-corrected chi connectivity index (χ2v) is 3.75. The third-order valence-electron chi connectivity index (χ3n) is 2.17. The summed E-state index contributed by atoms with van der Waals surface area (Å²) in [6.07, 6.45) is 3.05. The van der Waals surface area contributed by atoms with Gasteiger partial charge in [-0.3, -0.25) is 4.79 Å². The van der Waals surface area contributed by atoms with E-state index in [1.807, 2.05) is 18.2 Å². The first-order chi connectivity index (χ1) is 8.27. The van der Waals surface area contributed by atoms with E-state index >= 15 is 0 Å². The van der Waals surface area contributed by atoms with Gasteiger partial charge in [-0.15, -0.1) is 0 Å². The van der Waals surface area contributed by atoms with E-state index in [9.17, 15) is 4.79 Å². The molecule has 86 valence electrons. The van der Waals surface area contributed by atoms with E-state index in [2.05, 4.69) is 15.3 Å². The van der Waals surface area contributed by atoms with Crippen LogP contribution in [0.5, 0.6) is 0 Å². The molecule has 5 heteroatoms. The predicted molar refractivity (Wildman–Crippen MR) is 64.7 cm³/mol. The van der Waals surface area contributed by atoms with E-state index in [1.165, 1.54) is 12.4 Å². The third-order valence-corrected chi connectivity index (χ3v) is 2.53. The van der Waals surface area contributed by atoms with Gasteiger partial charge in [0.05, 0.1) is 0 Å². The molecule has 2 rings (SSSR count). The Morgan fingerprint density at radius 1 is 1.18 bits per heavy atom. The van der Waals surface area contributed by atoms with Gasteiger partial charge in [-0.25, -0.2) is 9.97 Å². The Morgan fingerprint density at radius 3 is 2.59 bits per heavy atom. The van der Waals surface area contributed by atoms with Gasteiger partial charge in [0.15, 0.2) is 0 Å². The van der Waals surface area contributed by atoms with E-state index < -0.39 is 0 Å². The molecule has 1 heterocycles. The molecule has 0 radical (unpaired) electrons. The van der Waals surface area contributed by atoms with Crippen LogP contribution in [-0.4, -0.2) is 15.9 Å². The SMILES string of the molecule is O=C(NCc1ccccc1Cl)c1ncccn1. The molecule has 0 aliphatic heterocycles. The maximum absolute atomic E-state index is 11.7. The van der Waals surface area contributed by atoms with Gasteiger partial charge >= 0.3 is 0 Å². The van der Waals surface area contributed by atoms with Crippen molar-refractivity contribution in [1.29, 1.82) is 0 Å². The molecular weight excluding hydrogens is 238 g/mol. The fraction of sp³-hybridized carbons (Fsp3) is 0.0833. The highest BCUT2D eigenvalue weighted by molar-refractivity contribution is 6.31. The zero-order valence-electron chi connectivity index (χ0n) is 8.93. The molecule has 17 heavy (non-hydrogen) atoms. The molecule has 1 amide bonds. The molecular formula is C12H10ClN3O. The molecule has 0 aliphatic carbocycles. The highest BCUT2D eigenvalue weighted by atomic mass is 35.5. The molecule has 2 aromatic rings. The lowest BCUT2D eigenvalue weighted by Gasteiger charge is -2.05. The van der Waals surface area contributed by atoms with Crippen LogP contribution in [0.15, 0.2) is 42.7 Å². The Morgan fingerprint density at radius 2 is 1.88 bits per heavy atom. The lowest BCUT2D eigenvalue weighted by atomic mass is 10.2. The smallest absolute Gasteiger partial charge is 0.289 e. The van der Waals surface area contributed by atoms with Crippen molar-refractivity contribution in [3.8, 4) is 0 Å². The van der Waals surface area contributed by atoms with Crippen LogP contribution in [0.2, 0.25) is 5.02 Å². The van der Waals surface area contributed by atoms with Crippen molar-refractivity contribution in [2.75, 3.05) is 0 Å². The Kier molecular flexibility index (Phi) is 3.67. The molecule has 0 saturated carbocycles. The summed E-state index contributed by atoms with van der Waals surface area (Å²) < 4.78 is 0. The minimum Gasteiger partial charge on any atom is -0.345 e. The van der Waals surface area contributed by atoms with Gasteiger partial charge in [0.2, 0.25) is 5.82 Å². The number of benzene rings is 1. The molecule has 0 aliphatic rings. The van der Waals surface area contributed by atoms with Gasteiger partial charge in [0.1, 0.15) is 0 Å². The number of amides is 1. The third kappa shape index (κ3) is 3.01. The Labute approximate surface area is 104 Å². The molecule has 1 N–H and O–H groups in total. The summed E-state index contributed by atoms with van der Waals surface area (Å²) in [4.78, 5) is 19.4. The van der Waals surface area contributed by atoms with E-state index in [0.717, 1.165) is 5.56 Å². The van der Waals surface area contributed by atoms with Crippen molar-refractivity contribution in [2.45, 2.75) is 6.54 Å². The van der Waals surface area contributed by atoms with Crippen LogP contribution in [0.3, 0.4) is 0 Å². The van der Waals surface area contributed by atoms with E-state index in [-0.39, 0.29) is 11.7 Å². The highest BCUT2D eigenvalue weighted by Crippen LogP contribution is 2.14. The quantitative estimate of drug-likeness (QED) is 0.903. The molecule has 1 aromatic carbocycles. The fourth-order valence-electron chi connectivity index (χ4n) is 1.31. The summed E-state index contributed by atoms with van der Waals surface area (Å²) in [6.45, 7) is 0.358. The summed E-state index contributed by atoms with van der Waals surface area (Å²) in [5, 5.41) is 3.33. The van der Waals surface area contributed by atoms with Gasteiger partial charge in [0, 0.05) is 24.0 Å². The minimum atomic E-state index is -0.314. The second kappa shape index (κ2) is 5.41. The monoisotopic (exact) mass is 247 g/mol. The maximum atomic E-state index is 11.7. The Bertz CT molecular complexity index is 516. The number of nitrogens with one attached hydrogen (secondary N) is 1. The summed E-state index contributed by atoms with van der Waals surface area (Å²) >= 11 is 5.97. The van der Waals surface area contributed by atoms with Gasteiger partial charge in [-0.05, 0) is 17.7 Å². The maximum Gasteiger partial charge on any atom is 0.289 e. The van der Waals surface area contributed by atoms with Crippen molar-refractivity contribution in [1.82, 2.24) is 15.3 Å². The van der Waals surface area contributed by atoms with Crippen LogP contribution in [0.4, 0.5) is 0 Å². The van der Waals surface area contributed by atoms with Crippen molar-refractivity contribution in [3.05, 3.63) is 59.1 Å². The van der Waals surface area contributed by atoms with Gasteiger partial charge in [-0.2, -0.15) is 0 Å². The summed E-state index contributed by atoms with van der Waals surface area (Å²) in [7, 11) is 0. The molecule has 0 bridgehead atoms. The molecule has 0 saturated heterocycles. The number of hydrogen-bond donors (Lipinski definition) is 1. The number of hydrogen-bond acceptors (Lipinski definition) is 3. The lowest BCUT2D eigenvalue weighted by molar-refractivity contribution is 0.0940. The van der Waals surface area contributed by atoms with Crippen LogP contribution in [-0.2, 0) is 6.54 Å². The number of halogens is 1. The molecule has 0 fully saturated rings. The van der Waals surface area contributed by atoms with Crippen molar-refractivity contribution in [2.24, 2.45) is 0 Å². The van der Waals surface area contributed by atoms with Gasteiger partial charge in [-0.1, -0.05) is 29.8 Å². The highest BCUT2D eigenvalue weighted by Gasteiger charge is 2.08. The standard InChI is InChI=1S/C12H10ClN3O/c13-10-5-2-1-4-9(10)8-16-12(17)11-14-6-3-7-15-11/h1-7H,8H2,(H,16,17). The molecule has 0 unspecified atom stereocenters. The summed E-state index contributed by atoms with van der Waals surface area (Å²) in [6, 6.07) is 9.00. The number of carbonyl (C=O) groups excluding carboxylic acids is 1. The lowest BCUT2D eigenvalue weighted by Crippen LogP contribution is -2.24. The van der Waals surface area contributed by atoms with Crippen LogP contribution >= 0.6 is 11.6 Å². The largest absolute Gasteiger partial charge is 0.345 e. The minimum absolute atomic E-state index is 0.152. The van der Waals surface area contributed by atoms with Crippen LogP contribution in [0.25, 0.3) is 0 Å². The number of carbonyl (C=O) groups is 1. The van der Waals surface area contributed by atoms with Crippen molar-refractivity contribution in [3.63, 3.8) is 0 Å². The predicted octanol–water partition coefficient (Wildman–Crippen LogP) is 2.06. The van der Waals surface area contributed by atoms with Crippen LogP contribution < -0.4 is 5.32 Å². The Balaban J connectivity index is 2.00. The zero-order chi connectivity index (χ0) is 12.1. The zero-order valence-corrected chi connectivity index (χ0v) is 9.69. The van der Waals surface area contributed by atoms with Crippen LogP contribution in [0, 0.1) is 0 Å². The summed E-state index contributed by atoms with van der Waals surface area (Å²) in [5.74, 6) is -0.162. The average molecular weight is 248 g/mol. The van der Waals surface area contributed by atoms with Crippen molar-refractivity contribution < 1.29 is 4.79 Å². The van der Waals surface area contributed by atoms with Gasteiger partial charge < -0.3 is 5.32 Å². The van der Waals surface area contributed by atoms with E-state index in [4.69, 9.17) is 11.6 Å². The van der Waals surface area contributed by atoms with E-state index in [1.54, 1.807) is 12.1 Å². The fourth-order valence-corrected chi connectivity index (χ4v) is 1.52. The number of aromatic nitrogens is 2. The Hall–Kier alpha value is -1.94. The average Bonchev–Trinajstić information content (AvgIpc) is 2.38. The number of rotatable bonds is 3. The van der Waals surface area contributed by atoms with Crippen molar-refractivity contribution >= 4 is 17.5 Å². The normalized spacial score (nSPS) is 9.94. The first kappa shape index (κ1) is 11.5. The van der Waals surface area contributed by atoms with Crippen LogP contribution in [0.1, 0.15) is 16.2 Å². The number of nitrogens with zero attached hydrogens (tertiary/aromatic N) is 2.